The number of ether oxygens (including phenoxy) is 4. The molecular formula is C29H46O5. The summed E-state index contributed by atoms with van der Waals surface area (Å²) < 4.78 is 22.7. The van der Waals surface area contributed by atoms with Crippen molar-refractivity contribution in [2.24, 2.45) is 0 Å². The molecule has 5 nitrogen and oxygen atoms in total. The van der Waals surface area contributed by atoms with Gasteiger partial charge in [0.05, 0.1) is 19.8 Å². The smallest absolute Gasteiger partial charge is 0.163 e. The van der Waals surface area contributed by atoms with Gasteiger partial charge in [0.1, 0.15) is 18.0 Å². The van der Waals surface area contributed by atoms with E-state index < -0.39 is 18.0 Å². The molecule has 1 saturated heterocycles. The Labute approximate surface area is 207 Å². The molecule has 0 unspecified atom stereocenters. The van der Waals surface area contributed by atoms with Crippen LogP contribution in [0.2, 0.25) is 0 Å². The second-order valence-corrected chi connectivity index (χ2v) is 9.83. The first-order valence-corrected chi connectivity index (χ1v) is 13.2. The predicted molar refractivity (Wildman–Crippen MR) is 137 cm³/mol. The van der Waals surface area contributed by atoms with Gasteiger partial charge in [-0.2, -0.15) is 0 Å². The fourth-order valence-electron chi connectivity index (χ4n) is 4.50. The van der Waals surface area contributed by atoms with Crippen LogP contribution in [0.1, 0.15) is 96.5 Å². The number of hydrogen-bond acceptors (Lipinski definition) is 5. The fraction of sp³-hybridized carbons (Fsp3) is 0.724. The number of unbranched alkanes of at least 4 members (excludes halogenated alkanes) is 10. The molecule has 1 aliphatic heterocycles. The van der Waals surface area contributed by atoms with Crippen LogP contribution < -0.4 is 4.74 Å². The van der Waals surface area contributed by atoms with Crippen LogP contribution in [-0.2, 0) is 20.8 Å². The van der Waals surface area contributed by atoms with Crippen LogP contribution in [-0.4, -0.2) is 42.9 Å². The molecule has 2 rings (SSSR count). The van der Waals surface area contributed by atoms with Gasteiger partial charge in [0, 0.05) is 6.61 Å². The minimum atomic E-state index is -0.904. The van der Waals surface area contributed by atoms with E-state index in [4.69, 9.17) is 25.4 Å². The number of aliphatic hydroxyl groups is 1. The van der Waals surface area contributed by atoms with E-state index in [1.54, 1.807) is 7.11 Å². The fourth-order valence-corrected chi connectivity index (χ4v) is 4.50. The maximum atomic E-state index is 9.98. The Kier molecular flexibility index (Phi) is 13.6. The maximum Gasteiger partial charge on any atom is 0.163 e. The van der Waals surface area contributed by atoms with E-state index in [9.17, 15) is 5.11 Å². The number of aliphatic hydroxyl groups excluding tert-OH is 1. The first kappa shape index (κ1) is 28.7. The lowest BCUT2D eigenvalue weighted by Crippen LogP contribution is -2.34. The Morgan fingerprint density at radius 2 is 1.47 bits per heavy atom. The van der Waals surface area contributed by atoms with Gasteiger partial charge in [0.25, 0.3) is 0 Å². The molecule has 1 aromatic rings. The Bertz CT molecular complexity index is 693. The molecule has 192 valence electrons. The van der Waals surface area contributed by atoms with Crippen molar-refractivity contribution in [3.63, 3.8) is 0 Å². The van der Waals surface area contributed by atoms with Gasteiger partial charge in [-0.3, -0.25) is 0 Å². The molecular weight excluding hydrogens is 428 g/mol. The average Bonchev–Trinajstić information content (AvgIpc) is 3.15. The zero-order valence-corrected chi connectivity index (χ0v) is 21.6. The predicted octanol–water partition coefficient (Wildman–Crippen LogP) is 6.41. The van der Waals surface area contributed by atoms with Gasteiger partial charge in [0.2, 0.25) is 0 Å². The molecule has 1 fully saturated rings. The Balaban J connectivity index is 1.35. The van der Waals surface area contributed by atoms with Crippen LogP contribution in [0, 0.1) is 12.3 Å². The van der Waals surface area contributed by atoms with Gasteiger partial charge in [-0.25, -0.2) is 0 Å². The summed E-state index contributed by atoms with van der Waals surface area (Å²) in [6.07, 6.45) is 18.6. The summed E-state index contributed by atoms with van der Waals surface area (Å²) >= 11 is 0. The zero-order valence-electron chi connectivity index (χ0n) is 21.6. The minimum Gasteiger partial charge on any atom is -0.497 e. The molecule has 0 spiro atoms. The molecule has 0 aromatic heterocycles. The topological polar surface area (TPSA) is 57.2 Å². The quantitative estimate of drug-likeness (QED) is 0.197. The second kappa shape index (κ2) is 16.2. The summed E-state index contributed by atoms with van der Waals surface area (Å²) in [4.78, 5) is 0. The number of terminal acetylenes is 1. The van der Waals surface area contributed by atoms with Crippen molar-refractivity contribution in [3.05, 3.63) is 29.8 Å². The molecule has 0 aliphatic carbocycles. The van der Waals surface area contributed by atoms with Gasteiger partial charge in [0.15, 0.2) is 5.79 Å². The largest absolute Gasteiger partial charge is 0.497 e. The van der Waals surface area contributed by atoms with E-state index in [0.29, 0.717) is 6.61 Å². The van der Waals surface area contributed by atoms with Gasteiger partial charge in [-0.05, 0) is 44.4 Å². The first-order chi connectivity index (χ1) is 16.4. The molecule has 0 saturated carbocycles. The molecule has 5 heteroatoms. The van der Waals surface area contributed by atoms with Crippen LogP contribution in [0.25, 0.3) is 0 Å². The highest BCUT2D eigenvalue weighted by Crippen LogP contribution is 2.32. The van der Waals surface area contributed by atoms with Crippen molar-refractivity contribution >= 4 is 0 Å². The average molecular weight is 475 g/mol. The molecule has 1 N–H and O–H groups in total. The standard InChI is InChI=1S/C29H46O5/c1-5-26(30)28-27(33-29(2,3)34-28)17-15-13-11-9-7-6-8-10-12-14-16-22-32-23-24-18-20-25(31-4)21-19-24/h1,18-21,26-28,30H,6-17,22-23H2,2-4H3/t26-,27-,28-/m0/s1. The van der Waals surface area contributed by atoms with Gasteiger partial charge in [-0.15, -0.1) is 6.42 Å². The van der Waals surface area contributed by atoms with Crippen LogP contribution >= 0.6 is 0 Å². The maximum absolute atomic E-state index is 9.98. The number of methoxy groups -OCH3 is 1. The zero-order chi connectivity index (χ0) is 24.7. The van der Waals surface area contributed by atoms with Crippen molar-refractivity contribution in [3.8, 4) is 18.1 Å². The third-order valence-corrected chi connectivity index (χ3v) is 6.41. The van der Waals surface area contributed by atoms with E-state index in [-0.39, 0.29) is 6.10 Å². The number of hydrogen-bond donors (Lipinski definition) is 1. The summed E-state index contributed by atoms with van der Waals surface area (Å²) in [5, 5.41) is 9.98. The third kappa shape index (κ3) is 11.2. The van der Waals surface area contributed by atoms with E-state index in [0.717, 1.165) is 31.6 Å². The van der Waals surface area contributed by atoms with Crippen molar-refractivity contribution in [2.75, 3.05) is 13.7 Å². The second-order valence-electron chi connectivity index (χ2n) is 9.83. The van der Waals surface area contributed by atoms with Crippen molar-refractivity contribution in [1.29, 1.82) is 0 Å². The lowest BCUT2D eigenvalue weighted by Gasteiger charge is -2.18. The highest BCUT2D eigenvalue weighted by molar-refractivity contribution is 5.26. The molecule has 34 heavy (non-hydrogen) atoms. The molecule has 1 heterocycles. The van der Waals surface area contributed by atoms with Crippen LogP contribution in [0.3, 0.4) is 0 Å². The molecule has 0 amide bonds. The third-order valence-electron chi connectivity index (χ3n) is 6.41. The molecule has 1 aliphatic rings. The molecule has 0 bridgehead atoms. The van der Waals surface area contributed by atoms with Crippen LogP contribution in [0.5, 0.6) is 5.75 Å². The lowest BCUT2D eigenvalue weighted by atomic mass is 10.0. The number of rotatable bonds is 18. The molecule has 1 aromatic carbocycles. The van der Waals surface area contributed by atoms with Crippen molar-refractivity contribution < 1.29 is 24.1 Å². The molecule has 0 radical (unpaired) electrons. The van der Waals surface area contributed by atoms with E-state index in [1.165, 1.54) is 63.4 Å². The first-order valence-electron chi connectivity index (χ1n) is 13.2. The monoisotopic (exact) mass is 474 g/mol. The normalized spacial score (nSPS) is 20.2. The van der Waals surface area contributed by atoms with E-state index in [2.05, 4.69) is 18.1 Å². The lowest BCUT2D eigenvalue weighted by molar-refractivity contribution is -0.152. The summed E-state index contributed by atoms with van der Waals surface area (Å²) in [5.74, 6) is 2.59. The highest BCUT2D eigenvalue weighted by atomic mass is 16.8. The Hall–Kier alpha value is -1.58. The van der Waals surface area contributed by atoms with Crippen molar-refractivity contribution in [1.82, 2.24) is 0 Å². The Morgan fingerprint density at radius 1 is 0.912 bits per heavy atom. The summed E-state index contributed by atoms with van der Waals surface area (Å²) in [6.45, 7) is 5.27. The van der Waals surface area contributed by atoms with E-state index in [1.807, 2.05) is 26.0 Å². The summed E-state index contributed by atoms with van der Waals surface area (Å²) in [7, 11) is 1.68. The summed E-state index contributed by atoms with van der Waals surface area (Å²) in [6, 6.07) is 8.06. The SMILES string of the molecule is C#C[C@H](O)[C@@H]1OC(C)(C)O[C@H]1CCCCCCCCCCCCCOCc1ccc(OC)cc1. The van der Waals surface area contributed by atoms with E-state index >= 15 is 0 Å². The summed E-state index contributed by atoms with van der Waals surface area (Å²) in [5.41, 5.74) is 1.19. The Morgan fingerprint density at radius 3 is 2.03 bits per heavy atom. The molecule has 3 atom stereocenters. The van der Waals surface area contributed by atoms with Crippen molar-refractivity contribution in [2.45, 2.75) is 122 Å². The van der Waals surface area contributed by atoms with Gasteiger partial charge in [-0.1, -0.05) is 82.3 Å². The van der Waals surface area contributed by atoms with Crippen LogP contribution in [0.15, 0.2) is 24.3 Å². The van der Waals surface area contributed by atoms with Gasteiger partial charge >= 0.3 is 0 Å². The number of benzene rings is 1. The van der Waals surface area contributed by atoms with Crippen LogP contribution in [0.4, 0.5) is 0 Å². The minimum absolute atomic E-state index is 0.117. The highest BCUT2D eigenvalue weighted by Gasteiger charge is 2.43. The van der Waals surface area contributed by atoms with Gasteiger partial charge < -0.3 is 24.1 Å².